The molecule has 0 amide bonds. The Morgan fingerprint density at radius 2 is 1.62 bits per heavy atom. The molecule has 0 aliphatic carbocycles. The van der Waals surface area contributed by atoms with E-state index in [1.807, 2.05) is 12.1 Å². The molecule has 0 aromatic heterocycles. The summed E-state index contributed by atoms with van der Waals surface area (Å²) in [4.78, 5) is 10.6. The van der Waals surface area contributed by atoms with E-state index in [9.17, 15) is 9.90 Å². The highest BCUT2D eigenvalue weighted by molar-refractivity contribution is 5.68. The molecule has 0 saturated heterocycles. The van der Waals surface area contributed by atoms with Crippen LogP contribution in [0.15, 0.2) is 18.2 Å². The van der Waals surface area contributed by atoms with Crippen molar-refractivity contribution in [1.82, 2.24) is 0 Å². The fourth-order valence-corrected chi connectivity index (χ4v) is 2.14. The van der Waals surface area contributed by atoms with Crippen LogP contribution in [0.2, 0.25) is 0 Å². The Labute approximate surface area is 128 Å². The average molecular weight is 291 g/mol. The van der Waals surface area contributed by atoms with Gasteiger partial charge in [-0.25, -0.2) is 9.90 Å². The van der Waals surface area contributed by atoms with E-state index in [4.69, 9.17) is 4.74 Å². The van der Waals surface area contributed by atoms with Gasteiger partial charge in [0.15, 0.2) is 6.61 Å². The van der Waals surface area contributed by atoms with E-state index in [1.54, 1.807) is 0 Å². The Balaban J connectivity index is 3.30. The quantitative estimate of drug-likeness (QED) is 0.747. The van der Waals surface area contributed by atoms with Crippen LogP contribution in [-0.4, -0.2) is 12.6 Å². The predicted molar refractivity (Wildman–Crippen MR) is 84.3 cm³/mol. The molecule has 0 unspecified atom stereocenters. The van der Waals surface area contributed by atoms with Crippen molar-refractivity contribution in [3.05, 3.63) is 29.3 Å². The van der Waals surface area contributed by atoms with Gasteiger partial charge < -0.3 is 4.74 Å². The van der Waals surface area contributed by atoms with Crippen molar-refractivity contribution in [1.29, 1.82) is 0 Å². The van der Waals surface area contributed by atoms with E-state index >= 15 is 0 Å². The van der Waals surface area contributed by atoms with Crippen molar-refractivity contribution in [2.24, 2.45) is 0 Å². The number of ether oxygens (including phenoxy) is 1. The number of rotatable bonds is 7. The third kappa shape index (κ3) is 4.23. The molecule has 1 aromatic carbocycles. The molecule has 1 radical (unpaired) electrons. The van der Waals surface area contributed by atoms with Gasteiger partial charge in [0.2, 0.25) is 0 Å². The van der Waals surface area contributed by atoms with Gasteiger partial charge in [-0.05, 0) is 35.3 Å². The fourth-order valence-electron chi connectivity index (χ4n) is 2.14. The van der Waals surface area contributed by atoms with Crippen LogP contribution >= 0.6 is 0 Å². The molecule has 0 spiro atoms. The molecule has 117 valence electrons. The van der Waals surface area contributed by atoms with Crippen molar-refractivity contribution >= 4 is 5.97 Å². The Morgan fingerprint density at radius 1 is 1.05 bits per heavy atom. The second-order valence-corrected chi connectivity index (χ2v) is 6.85. The third-order valence-corrected chi connectivity index (χ3v) is 4.60. The first-order valence-corrected chi connectivity index (χ1v) is 7.61. The third-order valence-electron chi connectivity index (χ3n) is 4.60. The minimum Gasteiger partial charge on any atom is -0.481 e. The normalized spacial score (nSPS) is 12.3. The molecule has 0 saturated carbocycles. The molecule has 1 rings (SSSR count). The van der Waals surface area contributed by atoms with Crippen LogP contribution < -0.4 is 4.74 Å². The number of carbonyl (C=O) groups is 1. The molecule has 0 aliphatic heterocycles. The summed E-state index contributed by atoms with van der Waals surface area (Å²) in [5, 5.41) is 10.6. The van der Waals surface area contributed by atoms with Gasteiger partial charge in [0.05, 0.1) is 0 Å². The molecule has 21 heavy (non-hydrogen) atoms. The maximum atomic E-state index is 10.6. The summed E-state index contributed by atoms with van der Waals surface area (Å²) < 4.78 is 5.43. The van der Waals surface area contributed by atoms with Gasteiger partial charge in [-0.15, -0.1) is 0 Å². The second kappa shape index (κ2) is 6.50. The van der Waals surface area contributed by atoms with E-state index in [0.29, 0.717) is 5.75 Å². The van der Waals surface area contributed by atoms with Crippen LogP contribution in [0.1, 0.15) is 65.5 Å². The van der Waals surface area contributed by atoms with Gasteiger partial charge in [0.1, 0.15) is 5.75 Å². The van der Waals surface area contributed by atoms with Gasteiger partial charge in [-0.3, -0.25) is 0 Å². The monoisotopic (exact) mass is 291 g/mol. The van der Waals surface area contributed by atoms with E-state index in [2.05, 4.69) is 47.6 Å². The number of hydrogen-bond acceptors (Lipinski definition) is 2. The first-order valence-electron chi connectivity index (χ1n) is 7.61. The van der Waals surface area contributed by atoms with Gasteiger partial charge in [-0.2, -0.15) is 0 Å². The topological polar surface area (TPSA) is 46.2 Å². The lowest BCUT2D eigenvalue weighted by atomic mass is 9.76. The van der Waals surface area contributed by atoms with Crippen molar-refractivity contribution < 1.29 is 14.6 Å². The van der Waals surface area contributed by atoms with Crippen LogP contribution in [-0.2, 0) is 20.7 Å². The summed E-state index contributed by atoms with van der Waals surface area (Å²) in [5.41, 5.74) is 2.33. The molecule has 0 aliphatic rings. The smallest absolute Gasteiger partial charge is 0.392 e. The van der Waals surface area contributed by atoms with Crippen LogP contribution in [0.3, 0.4) is 0 Å². The number of hydrogen-bond donors (Lipinski definition) is 0. The largest absolute Gasteiger partial charge is 0.481 e. The molecule has 3 nitrogen and oxygen atoms in total. The van der Waals surface area contributed by atoms with Crippen LogP contribution in [0.4, 0.5) is 0 Å². The number of carbonyl (C=O) groups excluding carboxylic acids is 1. The van der Waals surface area contributed by atoms with E-state index in [0.717, 1.165) is 18.4 Å². The second-order valence-electron chi connectivity index (χ2n) is 6.85. The maximum absolute atomic E-state index is 10.6. The van der Waals surface area contributed by atoms with Crippen molar-refractivity contribution in [3.63, 3.8) is 0 Å². The maximum Gasteiger partial charge on any atom is 0.392 e. The zero-order valence-corrected chi connectivity index (χ0v) is 14.1. The summed E-state index contributed by atoms with van der Waals surface area (Å²) in [5.74, 6) is -0.560. The van der Waals surface area contributed by atoms with Gasteiger partial charge >= 0.3 is 5.97 Å². The van der Waals surface area contributed by atoms with E-state index < -0.39 is 12.6 Å². The van der Waals surface area contributed by atoms with Gasteiger partial charge in [-0.1, -0.05) is 53.7 Å². The van der Waals surface area contributed by atoms with Crippen LogP contribution in [0.25, 0.3) is 0 Å². The molecule has 3 heteroatoms. The standard InChI is InChI=1S/C18H27O3/c1-7-17(3,4)13-9-10-15(21-12-16(19)20)14(11-13)18(5,6)8-2/h9-11H,7-8,12H2,1-6H3. The summed E-state index contributed by atoms with van der Waals surface area (Å²) in [6, 6.07) is 6.09. The van der Waals surface area contributed by atoms with Crippen molar-refractivity contribution in [3.8, 4) is 5.75 Å². The summed E-state index contributed by atoms with van der Waals surface area (Å²) in [6.45, 7) is 12.6. The zero-order chi connectivity index (χ0) is 16.3. The minimum atomic E-state index is -1.20. The SMILES string of the molecule is CCC(C)(C)c1ccc(OCC([O])=O)c(C(C)(C)CC)c1. The molecule has 0 atom stereocenters. The molecule has 0 N–H and O–H groups in total. The Hall–Kier alpha value is -1.51. The minimum absolute atomic E-state index is 0.0684. The first kappa shape index (κ1) is 17.5. The van der Waals surface area contributed by atoms with Crippen molar-refractivity contribution in [2.45, 2.75) is 65.2 Å². The Kier molecular flexibility index (Phi) is 5.43. The fraction of sp³-hybridized carbons (Fsp3) is 0.611. The number of benzene rings is 1. The van der Waals surface area contributed by atoms with Crippen LogP contribution in [0, 0.1) is 0 Å². The summed E-state index contributed by atoms with van der Waals surface area (Å²) in [7, 11) is 0. The van der Waals surface area contributed by atoms with E-state index in [-0.39, 0.29) is 10.8 Å². The zero-order valence-electron chi connectivity index (χ0n) is 14.1. The van der Waals surface area contributed by atoms with Crippen molar-refractivity contribution in [2.75, 3.05) is 6.61 Å². The molecular weight excluding hydrogens is 264 g/mol. The Bertz CT molecular complexity index is 501. The average Bonchev–Trinajstić information content (AvgIpc) is 2.44. The first-order chi connectivity index (χ1) is 9.64. The summed E-state index contributed by atoms with van der Waals surface area (Å²) >= 11 is 0. The lowest BCUT2D eigenvalue weighted by molar-refractivity contribution is -0.145. The highest BCUT2D eigenvalue weighted by Gasteiger charge is 2.26. The predicted octanol–water partition coefficient (Wildman–Crippen LogP) is 4.40. The molecule has 0 heterocycles. The highest BCUT2D eigenvalue weighted by Crippen LogP contribution is 2.38. The lowest BCUT2D eigenvalue weighted by Crippen LogP contribution is -2.22. The molecular formula is C18H27O3. The van der Waals surface area contributed by atoms with Gasteiger partial charge in [0.25, 0.3) is 0 Å². The van der Waals surface area contributed by atoms with Crippen LogP contribution in [0.5, 0.6) is 5.75 Å². The molecule has 1 aromatic rings. The lowest BCUT2D eigenvalue weighted by Gasteiger charge is -2.30. The summed E-state index contributed by atoms with van der Waals surface area (Å²) in [6.07, 6.45) is 1.99. The van der Waals surface area contributed by atoms with Gasteiger partial charge in [0, 0.05) is 5.56 Å². The highest BCUT2D eigenvalue weighted by atomic mass is 16.5. The molecule has 0 fully saturated rings. The van der Waals surface area contributed by atoms with E-state index in [1.165, 1.54) is 5.56 Å². The molecule has 0 bridgehead atoms. The Morgan fingerprint density at radius 3 is 2.10 bits per heavy atom.